The molecule has 2 fully saturated rings. The molecule has 0 amide bonds. The summed E-state index contributed by atoms with van der Waals surface area (Å²) in [6.45, 7) is 7.38. The highest BCUT2D eigenvalue weighted by Gasteiger charge is 2.25. The van der Waals surface area contributed by atoms with Crippen LogP contribution in [0.15, 0.2) is 0 Å². The number of nitrogens with zero attached hydrogens (tertiary/aromatic N) is 2. The molecule has 2 unspecified atom stereocenters. The summed E-state index contributed by atoms with van der Waals surface area (Å²) in [5.74, 6) is 0.968. The highest BCUT2D eigenvalue weighted by atomic mass is 15.2. The Morgan fingerprint density at radius 3 is 2.47 bits per heavy atom. The Kier molecular flexibility index (Phi) is 4.83. The van der Waals surface area contributed by atoms with Gasteiger partial charge in [-0.15, -0.1) is 0 Å². The smallest absolute Gasteiger partial charge is 0.0209 e. The molecule has 0 aromatic rings. The van der Waals surface area contributed by atoms with Crippen LogP contribution in [0.5, 0.6) is 0 Å². The van der Waals surface area contributed by atoms with Crippen molar-refractivity contribution in [2.24, 2.45) is 5.92 Å². The van der Waals surface area contributed by atoms with Crippen LogP contribution in [0.25, 0.3) is 0 Å². The summed E-state index contributed by atoms with van der Waals surface area (Å²) in [5.41, 5.74) is 0. The second-order valence-electron chi connectivity index (χ2n) is 6.21. The lowest BCUT2D eigenvalue weighted by Gasteiger charge is -2.29. The van der Waals surface area contributed by atoms with Gasteiger partial charge in [-0.2, -0.15) is 0 Å². The van der Waals surface area contributed by atoms with Crippen molar-refractivity contribution in [3.05, 3.63) is 0 Å². The number of likely N-dealkylation sites (N-methyl/N-ethyl adjacent to an activating group) is 1. The predicted octanol–water partition coefficient (Wildman–Crippen LogP) is 1.40. The number of nitrogens with one attached hydrogen (secondary N) is 1. The van der Waals surface area contributed by atoms with E-state index in [1.54, 1.807) is 0 Å². The molecule has 0 aromatic heterocycles. The molecule has 0 radical (unpaired) electrons. The lowest BCUT2D eigenvalue weighted by Crippen LogP contribution is -2.35. The van der Waals surface area contributed by atoms with E-state index in [0.717, 1.165) is 18.0 Å². The first-order chi connectivity index (χ1) is 8.15. The lowest BCUT2D eigenvalue weighted by molar-refractivity contribution is 0.210. The van der Waals surface area contributed by atoms with Crippen LogP contribution < -0.4 is 5.32 Å². The number of hydrogen-bond acceptors (Lipinski definition) is 3. The quantitative estimate of drug-likeness (QED) is 0.800. The van der Waals surface area contributed by atoms with E-state index in [2.05, 4.69) is 36.1 Å². The highest BCUT2D eigenvalue weighted by Crippen LogP contribution is 2.19. The Morgan fingerprint density at radius 1 is 1.18 bits per heavy atom. The molecule has 17 heavy (non-hydrogen) atoms. The van der Waals surface area contributed by atoms with Crippen LogP contribution in [0, 0.1) is 5.92 Å². The SMILES string of the molecule is CC1CC(NCCC2CCN(C)CC2)CN1C. The van der Waals surface area contributed by atoms with Gasteiger partial charge in [0.2, 0.25) is 0 Å². The van der Waals surface area contributed by atoms with Crippen LogP contribution >= 0.6 is 0 Å². The van der Waals surface area contributed by atoms with E-state index in [0.29, 0.717) is 0 Å². The van der Waals surface area contributed by atoms with E-state index in [-0.39, 0.29) is 0 Å². The van der Waals surface area contributed by atoms with E-state index in [9.17, 15) is 0 Å². The van der Waals surface area contributed by atoms with Gasteiger partial charge >= 0.3 is 0 Å². The Balaban J connectivity index is 1.57. The van der Waals surface area contributed by atoms with Gasteiger partial charge in [0.15, 0.2) is 0 Å². The minimum absolute atomic E-state index is 0.737. The van der Waals surface area contributed by atoms with E-state index >= 15 is 0 Å². The van der Waals surface area contributed by atoms with Crippen LogP contribution in [0.1, 0.15) is 32.6 Å². The maximum absolute atomic E-state index is 3.75. The van der Waals surface area contributed by atoms with Crippen LogP contribution in [0.3, 0.4) is 0 Å². The van der Waals surface area contributed by atoms with E-state index in [1.165, 1.54) is 51.9 Å². The minimum Gasteiger partial charge on any atom is -0.313 e. The van der Waals surface area contributed by atoms with Gasteiger partial charge in [0, 0.05) is 18.6 Å². The fourth-order valence-corrected chi connectivity index (χ4v) is 3.18. The van der Waals surface area contributed by atoms with Gasteiger partial charge in [-0.3, -0.25) is 0 Å². The molecule has 0 aliphatic carbocycles. The van der Waals surface area contributed by atoms with Crippen LogP contribution in [0.4, 0.5) is 0 Å². The molecule has 2 heterocycles. The fraction of sp³-hybridized carbons (Fsp3) is 1.00. The third-order valence-corrected chi connectivity index (χ3v) is 4.71. The van der Waals surface area contributed by atoms with Gasteiger partial charge in [-0.05, 0) is 72.3 Å². The van der Waals surface area contributed by atoms with E-state index in [1.807, 2.05) is 0 Å². The first kappa shape index (κ1) is 13.3. The van der Waals surface area contributed by atoms with E-state index < -0.39 is 0 Å². The molecule has 2 saturated heterocycles. The summed E-state index contributed by atoms with van der Waals surface area (Å²) in [4.78, 5) is 4.92. The summed E-state index contributed by atoms with van der Waals surface area (Å²) in [6, 6.07) is 1.50. The molecule has 2 aliphatic rings. The lowest BCUT2D eigenvalue weighted by atomic mass is 9.94. The Morgan fingerprint density at radius 2 is 1.88 bits per heavy atom. The standard InChI is InChI=1S/C14H29N3/c1-12-10-14(11-17(12)3)15-7-4-13-5-8-16(2)9-6-13/h12-15H,4-11H2,1-3H3. The second-order valence-corrected chi connectivity index (χ2v) is 6.21. The first-order valence-electron chi connectivity index (χ1n) is 7.27. The molecular formula is C14H29N3. The van der Waals surface area contributed by atoms with Crippen LogP contribution in [0.2, 0.25) is 0 Å². The van der Waals surface area contributed by atoms with Gasteiger partial charge in [-0.1, -0.05) is 0 Å². The van der Waals surface area contributed by atoms with Crippen molar-refractivity contribution in [3.8, 4) is 0 Å². The zero-order chi connectivity index (χ0) is 12.3. The molecule has 2 rings (SSSR count). The van der Waals surface area contributed by atoms with Crippen molar-refractivity contribution in [2.45, 2.75) is 44.7 Å². The molecule has 0 saturated carbocycles. The van der Waals surface area contributed by atoms with Gasteiger partial charge in [0.1, 0.15) is 0 Å². The molecule has 3 nitrogen and oxygen atoms in total. The Bertz CT molecular complexity index is 214. The normalized spacial score (nSPS) is 33.4. The summed E-state index contributed by atoms with van der Waals surface area (Å²) in [5, 5.41) is 3.75. The maximum atomic E-state index is 3.75. The zero-order valence-electron chi connectivity index (χ0n) is 11.8. The van der Waals surface area contributed by atoms with Gasteiger partial charge in [0.05, 0.1) is 0 Å². The third kappa shape index (κ3) is 3.94. The number of hydrogen-bond donors (Lipinski definition) is 1. The Hall–Kier alpha value is -0.120. The minimum atomic E-state index is 0.737. The summed E-state index contributed by atoms with van der Waals surface area (Å²) >= 11 is 0. The fourth-order valence-electron chi connectivity index (χ4n) is 3.18. The molecule has 0 spiro atoms. The van der Waals surface area contributed by atoms with Crippen molar-refractivity contribution >= 4 is 0 Å². The van der Waals surface area contributed by atoms with E-state index in [4.69, 9.17) is 0 Å². The number of rotatable bonds is 4. The van der Waals surface area contributed by atoms with Crippen LogP contribution in [-0.4, -0.2) is 62.2 Å². The van der Waals surface area contributed by atoms with Gasteiger partial charge in [-0.25, -0.2) is 0 Å². The second kappa shape index (κ2) is 6.17. The van der Waals surface area contributed by atoms with Crippen molar-refractivity contribution < 1.29 is 0 Å². The topological polar surface area (TPSA) is 18.5 Å². The number of likely N-dealkylation sites (tertiary alicyclic amines) is 2. The average molecular weight is 239 g/mol. The van der Waals surface area contributed by atoms with Gasteiger partial charge in [0.25, 0.3) is 0 Å². The highest BCUT2D eigenvalue weighted by molar-refractivity contribution is 4.85. The maximum Gasteiger partial charge on any atom is 0.0209 e. The Labute approximate surface area is 107 Å². The first-order valence-corrected chi connectivity index (χ1v) is 7.27. The summed E-state index contributed by atoms with van der Waals surface area (Å²) in [6.07, 6.45) is 5.50. The monoisotopic (exact) mass is 239 g/mol. The third-order valence-electron chi connectivity index (χ3n) is 4.71. The van der Waals surface area contributed by atoms with Crippen molar-refractivity contribution in [1.82, 2.24) is 15.1 Å². The molecular weight excluding hydrogens is 210 g/mol. The number of piperidine rings is 1. The molecule has 3 heteroatoms. The predicted molar refractivity (Wildman–Crippen MR) is 73.3 cm³/mol. The molecule has 2 aliphatic heterocycles. The van der Waals surface area contributed by atoms with Crippen molar-refractivity contribution in [1.29, 1.82) is 0 Å². The van der Waals surface area contributed by atoms with Crippen LogP contribution in [-0.2, 0) is 0 Å². The summed E-state index contributed by atoms with van der Waals surface area (Å²) < 4.78 is 0. The largest absolute Gasteiger partial charge is 0.313 e. The molecule has 2 atom stereocenters. The molecule has 1 N–H and O–H groups in total. The summed E-state index contributed by atoms with van der Waals surface area (Å²) in [7, 11) is 4.48. The van der Waals surface area contributed by atoms with Gasteiger partial charge < -0.3 is 15.1 Å². The average Bonchev–Trinajstić information content (AvgIpc) is 2.61. The molecule has 100 valence electrons. The zero-order valence-corrected chi connectivity index (χ0v) is 11.8. The van der Waals surface area contributed by atoms with Crippen molar-refractivity contribution in [2.75, 3.05) is 40.3 Å². The van der Waals surface area contributed by atoms with Crippen molar-refractivity contribution in [3.63, 3.8) is 0 Å². The molecule has 0 aromatic carbocycles. The molecule has 0 bridgehead atoms.